The lowest BCUT2D eigenvalue weighted by molar-refractivity contribution is 0.192. The molecule has 1 rings (SSSR count). The molecule has 7 heteroatoms. The molecule has 0 amide bonds. The van der Waals surface area contributed by atoms with E-state index in [1.807, 2.05) is 0 Å². The molecule has 0 saturated carbocycles. The summed E-state index contributed by atoms with van der Waals surface area (Å²) in [6.45, 7) is 1.34. The third-order valence-electron chi connectivity index (χ3n) is 2.61. The van der Waals surface area contributed by atoms with Crippen molar-refractivity contribution in [3.05, 3.63) is 24.0 Å². The van der Waals surface area contributed by atoms with Crippen LogP contribution < -0.4 is 10.5 Å². The Hall–Kier alpha value is -1.18. The van der Waals surface area contributed by atoms with Crippen LogP contribution in [-0.4, -0.2) is 28.7 Å². The van der Waals surface area contributed by atoms with Crippen LogP contribution in [0.5, 0.6) is 0 Å². The molecule has 1 aromatic carbocycles. The fraction of sp³-hybridized carbons (Fsp3) is 0.500. The predicted molar refractivity (Wildman–Crippen MR) is 72.0 cm³/mol. The number of rotatable bonds is 8. The van der Waals surface area contributed by atoms with Crippen LogP contribution in [0.15, 0.2) is 23.1 Å². The highest BCUT2D eigenvalue weighted by Crippen LogP contribution is 2.18. The van der Waals surface area contributed by atoms with E-state index in [0.717, 1.165) is 31.9 Å². The number of sulfonamides is 1. The lowest BCUT2D eigenvalue weighted by atomic mass is 10.2. The summed E-state index contributed by atoms with van der Waals surface area (Å²) in [5, 5.41) is 7.83. The molecule has 0 aliphatic rings. The van der Waals surface area contributed by atoms with Crippen molar-refractivity contribution in [1.29, 1.82) is 0 Å². The van der Waals surface area contributed by atoms with Crippen molar-refractivity contribution in [1.82, 2.24) is 0 Å². The van der Waals surface area contributed by atoms with Gasteiger partial charge in [-0.1, -0.05) is 0 Å². The van der Waals surface area contributed by atoms with Gasteiger partial charge in [0.2, 0.25) is 10.0 Å². The average molecular weight is 290 g/mol. The minimum absolute atomic E-state index is 0.226. The summed E-state index contributed by atoms with van der Waals surface area (Å²) < 4.78 is 40.6. The molecular weight excluding hydrogens is 271 g/mol. The maximum absolute atomic E-state index is 13.6. The first-order valence-corrected chi connectivity index (χ1v) is 7.55. The van der Waals surface area contributed by atoms with Gasteiger partial charge >= 0.3 is 0 Å². The van der Waals surface area contributed by atoms with E-state index in [1.54, 1.807) is 7.11 Å². The molecule has 1 aromatic rings. The Balaban J connectivity index is 2.47. The molecule has 3 N–H and O–H groups in total. The number of primary sulfonamides is 1. The van der Waals surface area contributed by atoms with Gasteiger partial charge in [-0.15, -0.1) is 0 Å². The summed E-state index contributed by atoms with van der Waals surface area (Å²) in [6, 6.07) is 3.58. The summed E-state index contributed by atoms with van der Waals surface area (Å²) >= 11 is 0. The Morgan fingerprint density at radius 1 is 1.32 bits per heavy atom. The maximum atomic E-state index is 13.6. The number of nitrogens with one attached hydrogen (secondary N) is 1. The van der Waals surface area contributed by atoms with E-state index in [9.17, 15) is 12.8 Å². The highest BCUT2D eigenvalue weighted by atomic mass is 32.2. The van der Waals surface area contributed by atoms with Crippen molar-refractivity contribution in [2.75, 3.05) is 25.6 Å². The van der Waals surface area contributed by atoms with E-state index in [2.05, 4.69) is 5.32 Å². The first-order valence-electron chi connectivity index (χ1n) is 6.00. The molecule has 5 nitrogen and oxygen atoms in total. The first kappa shape index (κ1) is 15.9. The number of benzene rings is 1. The van der Waals surface area contributed by atoms with Crippen molar-refractivity contribution in [3.8, 4) is 0 Å². The van der Waals surface area contributed by atoms with Gasteiger partial charge in [0, 0.05) is 20.3 Å². The minimum Gasteiger partial charge on any atom is -0.385 e. The van der Waals surface area contributed by atoms with E-state index in [1.165, 1.54) is 12.1 Å². The van der Waals surface area contributed by atoms with E-state index in [-0.39, 0.29) is 10.6 Å². The average Bonchev–Trinajstić information content (AvgIpc) is 2.34. The Morgan fingerprint density at radius 2 is 2.05 bits per heavy atom. The molecule has 0 aromatic heterocycles. The predicted octanol–water partition coefficient (Wildman–Crippen LogP) is 1.70. The van der Waals surface area contributed by atoms with Gasteiger partial charge in [-0.3, -0.25) is 0 Å². The number of methoxy groups -OCH3 is 1. The molecule has 0 spiro atoms. The van der Waals surface area contributed by atoms with Gasteiger partial charge in [-0.25, -0.2) is 17.9 Å². The molecule has 108 valence electrons. The zero-order chi connectivity index (χ0) is 14.3. The van der Waals surface area contributed by atoms with E-state index >= 15 is 0 Å². The molecule has 0 heterocycles. The number of halogens is 1. The highest BCUT2D eigenvalue weighted by Gasteiger charge is 2.11. The zero-order valence-electron chi connectivity index (χ0n) is 10.9. The smallest absolute Gasteiger partial charge is 0.238 e. The Kier molecular flexibility index (Phi) is 6.20. The van der Waals surface area contributed by atoms with Crippen molar-refractivity contribution in [2.45, 2.75) is 24.2 Å². The lowest BCUT2D eigenvalue weighted by Crippen LogP contribution is -2.13. The maximum Gasteiger partial charge on any atom is 0.238 e. The van der Waals surface area contributed by atoms with Gasteiger partial charge in [0.25, 0.3) is 0 Å². The summed E-state index contributed by atoms with van der Waals surface area (Å²) in [6.07, 6.45) is 2.84. The third-order valence-corrected chi connectivity index (χ3v) is 3.52. The second kappa shape index (κ2) is 7.42. The molecule has 0 saturated heterocycles. The molecule has 0 radical (unpaired) electrons. The van der Waals surface area contributed by atoms with Crippen LogP contribution in [0.4, 0.5) is 10.1 Å². The van der Waals surface area contributed by atoms with E-state index in [4.69, 9.17) is 9.88 Å². The molecule has 0 bridgehead atoms. The fourth-order valence-electron chi connectivity index (χ4n) is 1.59. The van der Waals surface area contributed by atoms with Gasteiger partial charge in [0.1, 0.15) is 5.82 Å². The number of nitrogens with two attached hydrogens (primary N) is 1. The molecule has 0 aliphatic carbocycles. The second-order valence-corrected chi connectivity index (χ2v) is 5.73. The highest BCUT2D eigenvalue weighted by molar-refractivity contribution is 7.89. The SMILES string of the molecule is COCCCCCNc1ccc(S(N)(=O)=O)cc1F. The van der Waals surface area contributed by atoms with Crippen LogP contribution in [0.25, 0.3) is 0 Å². The topological polar surface area (TPSA) is 81.4 Å². The van der Waals surface area contributed by atoms with E-state index in [0.29, 0.717) is 6.54 Å². The van der Waals surface area contributed by atoms with Crippen LogP contribution in [0, 0.1) is 5.82 Å². The summed E-state index contributed by atoms with van der Waals surface area (Å²) in [4.78, 5) is -0.226. The number of unbranched alkanes of at least 4 members (excludes halogenated alkanes) is 2. The number of hydrogen-bond donors (Lipinski definition) is 2. The second-order valence-electron chi connectivity index (χ2n) is 4.17. The summed E-state index contributed by atoms with van der Waals surface area (Å²) in [5.74, 6) is -0.622. The molecule has 0 atom stereocenters. The molecule has 0 fully saturated rings. The zero-order valence-corrected chi connectivity index (χ0v) is 11.7. The van der Waals surface area contributed by atoms with Crippen LogP contribution in [0.1, 0.15) is 19.3 Å². The van der Waals surface area contributed by atoms with Crippen molar-refractivity contribution < 1.29 is 17.5 Å². The summed E-state index contributed by atoms with van der Waals surface area (Å²) in [7, 11) is -2.21. The minimum atomic E-state index is -3.86. The van der Waals surface area contributed by atoms with Crippen LogP contribution >= 0.6 is 0 Å². The third kappa shape index (κ3) is 5.54. The van der Waals surface area contributed by atoms with Crippen molar-refractivity contribution >= 4 is 15.7 Å². The van der Waals surface area contributed by atoms with Crippen molar-refractivity contribution in [2.24, 2.45) is 5.14 Å². The van der Waals surface area contributed by atoms with Gasteiger partial charge in [-0.2, -0.15) is 0 Å². The Morgan fingerprint density at radius 3 is 2.63 bits per heavy atom. The largest absolute Gasteiger partial charge is 0.385 e. The molecule has 0 aliphatic heterocycles. The van der Waals surface area contributed by atoms with Gasteiger partial charge in [-0.05, 0) is 37.5 Å². The first-order chi connectivity index (χ1) is 8.95. The Bertz CT molecular complexity index is 506. The van der Waals surface area contributed by atoms with Crippen LogP contribution in [-0.2, 0) is 14.8 Å². The number of anilines is 1. The normalized spacial score (nSPS) is 11.5. The van der Waals surface area contributed by atoms with Gasteiger partial charge in [0.15, 0.2) is 0 Å². The molecule has 19 heavy (non-hydrogen) atoms. The monoisotopic (exact) mass is 290 g/mol. The Labute approximate surface area is 113 Å². The van der Waals surface area contributed by atoms with Crippen LogP contribution in [0.3, 0.4) is 0 Å². The summed E-state index contributed by atoms with van der Waals surface area (Å²) in [5.41, 5.74) is 0.277. The quantitative estimate of drug-likeness (QED) is 0.714. The fourth-order valence-corrected chi connectivity index (χ4v) is 2.11. The number of ether oxygens (including phenoxy) is 1. The standard InChI is InChI=1S/C12H19FN2O3S/c1-18-8-4-2-3-7-15-12-6-5-10(9-11(12)13)19(14,16)17/h5-6,9,15H,2-4,7-8H2,1H3,(H2,14,16,17). The van der Waals surface area contributed by atoms with Gasteiger partial charge < -0.3 is 10.1 Å². The van der Waals surface area contributed by atoms with E-state index < -0.39 is 15.8 Å². The lowest BCUT2D eigenvalue weighted by Gasteiger charge is -2.08. The number of hydrogen-bond acceptors (Lipinski definition) is 4. The van der Waals surface area contributed by atoms with Crippen molar-refractivity contribution in [3.63, 3.8) is 0 Å². The molecular formula is C12H19FN2O3S. The van der Waals surface area contributed by atoms with Gasteiger partial charge in [0.05, 0.1) is 10.6 Å². The molecule has 0 unspecified atom stereocenters. The van der Waals surface area contributed by atoms with Crippen LogP contribution in [0.2, 0.25) is 0 Å².